The molecule has 3 rings (SSSR count). The van der Waals surface area contributed by atoms with Crippen molar-refractivity contribution < 1.29 is 4.52 Å². The molecule has 7 heteroatoms. The number of hydrogen-bond donors (Lipinski definition) is 2. The third-order valence-corrected chi connectivity index (χ3v) is 5.07. The van der Waals surface area contributed by atoms with Crippen molar-refractivity contribution in [1.82, 2.24) is 25.7 Å². The van der Waals surface area contributed by atoms with Gasteiger partial charge in [-0.3, -0.25) is 4.90 Å². The van der Waals surface area contributed by atoms with Gasteiger partial charge in [0.25, 0.3) is 0 Å². The van der Waals surface area contributed by atoms with Gasteiger partial charge >= 0.3 is 0 Å². The van der Waals surface area contributed by atoms with Gasteiger partial charge in [-0.25, -0.2) is 4.99 Å². The Morgan fingerprint density at radius 1 is 1.24 bits per heavy atom. The van der Waals surface area contributed by atoms with Gasteiger partial charge in [-0.2, -0.15) is 4.98 Å². The molecule has 1 aliphatic rings. The molecular weight excluding hydrogens is 364 g/mol. The highest BCUT2D eigenvalue weighted by Crippen LogP contribution is 2.20. The van der Waals surface area contributed by atoms with Crippen molar-refractivity contribution in [3.63, 3.8) is 0 Å². The molecule has 0 spiro atoms. The molecule has 29 heavy (non-hydrogen) atoms. The lowest BCUT2D eigenvalue weighted by Crippen LogP contribution is -2.44. The quantitative estimate of drug-likeness (QED) is 0.551. The fourth-order valence-electron chi connectivity index (χ4n) is 3.48. The zero-order chi connectivity index (χ0) is 20.7. The summed E-state index contributed by atoms with van der Waals surface area (Å²) in [5.41, 5.74) is 1.22. The Hall–Kier alpha value is -2.41. The molecule has 2 heterocycles. The summed E-state index contributed by atoms with van der Waals surface area (Å²) < 4.78 is 5.36. The predicted octanol–water partition coefficient (Wildman–Crippen LogP) is 3.09. The number of guanidine groups is 1. The number of rotatable bonds is 7. The molecule has 0 radical (unpaired) electrons. The van der Waals surface area contributed by atoms with Crippen molar-refractivity contribution >= 4 is 5.96 Å². The number of benzene rings is 1. The minimum absolute atomic E-state index is 0.150. The fraction of sp³-hybridized carbons (Fsp3) is 0.591. The maximum atomic E-state index is 5.36. The summed E-state index contributed by atoms with van der Waals surface area (Å²) >= 11 is 0. The minimum Gasteiger partial charge on any atom is -0.357 e. The average molecular weight is 399 g/mol. The molecule has 0 aliphatic carbocycles. The van der Waals surface area contributed by atoms with Crippen LogP contribution in [0.4, 0.5) is 0 Å². The molecule has 2 N–H and O–H groups in total. The zero-order valence-corrected chi connectivity index (χ0v) is 18.1. The van der Waals surface area contributed by atoms with Crippen LogP contribution < -0.4 is 10.6 Å². The molecule has 1 fully saturated rings. The van der Waals surface area contributed by atoms with Gasteiger partial charge in [0.05, 0.1) is 0 Å². The van der Waals surface area contributed by atoms with Crippen molar-refractivity contribution in [1.29, 1.82) is 0 Å². The van der Waals surface area contributed by atoms with Gasteiger partial charge in [-0.15, -0.1) is 0 Å². The van der Waals surface area contributed by atoms with E-state index in [0.717, 1.165) is 32.1 Å². The van der Waals surface area contributed by atoms with Gasteiger partial charge in [-0.05, 0) is 31.9 Å². The summed E-state index contributed by atoms with van der Waals surface area (Å²) in [6, 6.07) is 11.2. The van der Waals surface area contributed by atoms with E-state index in [1.165, 1.54) is 18.4 Å². The maximum absolute atomic E-state index is 5.36. The Morgan fingerprint density at radius 3 is 2.72 bits per heavy atom. The first-order chi connectivity index (χ1) is 14.0. The van der Waals surface area contributed by atoms with E-state index in [1.54, 1.807) is 0 Å². The number of nitrogens with one attached hydrogen (secondary N) is 2. The molecule has 0 amide bonds. The Kier molecular flexibility index (Phi) is 7.25. The minimum atomic E-state index is -0.150. The van der Waals surface area contributed by atoms with E-state index in [0.29, 0.717) is 24.3 Å². The Bertz CT molecular complexity index is 780. The molecule has 1 saturated heterocycles. The molecule has 1 unspecified atom stereocenters. The topological polar surface area (TPSA) is 78.6 Å². The molecule has 7 nitrogen and oxygen atoms in total. The van der Waals surface area contributed by atoms with Crippen LogP contribution in [-0.2, 0) is 18.5 Å². The third-order valence-electron chi connectivity index (χ3n) is 5.07. The van der Waals surface area contributed by atoms with Crippen molar-refractivity contribution in [2.24, 2.45) is 4.99 Å². The van der Waals surface area contributed by atoms with Crippen LogP contribution in [-0.4, -0.2) is 46.7 Å². The molecule has 1 atom stereocenters. The maximum Gasteiger partial charge on any atom is 0.232 e. The average Bonchev–Trinajstić information content (AvgIpc) is 3.34. The van der Waals surface area contributed by atoms with E-state index >= 15 is 0 Å². The smallest absolute Gasteiger partial charge is 0.232 e. The van der Waals surface area contributed by atoms with E-state index in [-0.39, 0.29) is 5.41 Å². The van der Waals surface area contributed by atoms with Crippen LogP contribution in [0.5, 0.6) is 0 Å². The van der Waals surface area contributed by atoms with Crippen LogP contribution >= 0.6 is 0 Å². The van der Waals surface area contributed by atoms with Crippen molar-refractivity contribution in [3.8, 4) is 0 Å². The van der Waals surface area contributed by atoms with E-state index < -0.39 is 0 Å². The van der Waals surface area contributed by atoms with E-state index in [1.807, 2.05) is 0 Å². The number of aromatic nitrogens is 2. The summed E-state index contributed by atoms with van der Waals surface area (Å²) in [7, 11) is 0. The van der Waals surface area contributed by atoms with Crippen LogP contribution in [0, 0.1) is 0 Å². The SMILES string of the molecule is CCNC(=NCc1noc(C(C)(C)C)n1)NCC1CCCN1Cc1ccccc1. The largest absolute Gasteiger partial charge is 0.357 e. The summed E-state index contributed by atoms with van der Waals surface area (Å²) in [6.45, 7) is 12.5. The summed E-state index contributed by atoms with van der Waals surface area (Å²) in [5.74, 6) is 2.04. The highest BCUT2D eigenvalue weighted by molar-refractivity contribution is 5.79. The first-order valence-corrected chi connectivity index (χ1v) is 10.6. The molecular formula is C22H34N6O. The zero-order valence-electron chi connectivity index (χ0n) is 18.1. The number of hydrogen-bond acceptors (Lipinski definition) is 5. The second-order valence-corrected chi connectivity index (χ2v) is 8.59. The molecule has 1 aromatic heterocycles. The summed E-state index contributed by atoms with van der Waals surface area (Å²) in [4.78, 5) is 11.7. The molecule has 158 valence electrons. The van der Waals surface area contributed by atoms with E-state index in [2.05, 4.69) is 88.7 Å². The molecule has 0 bridgehead atoms. The molecule has 1 aromatic carbocycles. The Balaban J connectivity index is 1.55. The molecule has 2 aromatic rings. The number of aliphatic imine (C=N–C) groups is 1. The van der Waals surface area contributed by atoms with Crippen LogP contribution in [0.15, 0.2) is 39.8 Å². The first-order valence-electron chi connectivity index (χ1n) is 10.6. The predicted molar refractivity (Wildman–Crippen MR) is 116 cm³/mol. The van der Waals surface area contributed by atoms with Crippen LogP contribution in [0.3, 0.4) is 0 Å². The highest BCUT2D eigenvalue weighted by Gasteiger charge is 2.25. The van der Waals surface area contributed by atoms with Crippen LogP contribution in [0.25, 0.3) is 0 Å². The van der Waals surface area contributed by atoms with Gasteiger partial charge in [0, 0.05) is 31.1 Å². The second kappa shape index (κ2) is 9.87. The van der Waals surface area contributed by atoms with Crippen molar-refractivity contribution in [3.05, 3.63) is 47.6 Å². The Morgan fingerprint density at radius 2 is 2.03 bits per heavy atom. The van der Waals surface area contributed by atoms with Gasteiger partial charge in [0.15, 0.2) is 11.8 Å². The standard InChI is InChI=1S/C22H34N6O/c1-5-23-21(25-15-19-26-20(29-27-19)22(2,3)4)24-14-18-12-9-13-28(18)16-17-10-7-6-8-11-17/h6-8,10-11,18H,5,9,12-16H2,1-4H3,(H2,23,24,25). The summed E-state index contributed by atoms with van der Waals surface area (Å²) in [5, 5.41) is 10.9. The third kappa shape index (κ3) is 6.29. The lowest BCUT2D eigenvalue weighted by atomic mass is 9.97. The first kappa shape index (κ1) is 21.3. The van der Waals surface area contributed by atoms with Crippen LogP contribution in [0.2, 0.25) is 0 Å². The van der Waals surface area contributed by atoms with Gasteiger partial charge in [0.1, 0.15) is 6.54 Å². The van der Waals surface area contributed by atoms with E-state index in [4.69, 9.17) is 4.52 Å². The monoisotopic (exact) mass is 398 g/mol. The lowest BCUT2D eigenvalue weighted by molar-refractivity contribution is 0.245. The summed E-state index contributed by atoms with van der Waals surface area (Å²) in [6.07, 6.45) is 2.45. The molecule has 1 aliphatic heterocycles. The van der Waals surface area contributed by atoms with Gasteiger partial charge in [0.2, 0.25) is 5.89 Å². The lowest BCUT2D eigenvalue weighted by Gasteiger charge is -2.25. The number of nitrogens with zero attached hydrogens (tertiary/aromatic N) is 4. The van der Waals surface area contributed by atoms with E-state index in [9.17, 15) is 0 Å². The van der Waals surface area contributed by atoms with Crippen molar-refractivity contribution in [2.75, 3.05) is 19.6 Å². The fourth-order valence-corrected chi connectivity index (χ4v) is 3.48. The van der Waals surface area contributed by atoms with Crippen LogP contribution in [0.1, 0.15) is 57.8 Å². The second-order valence-electron chi connectivity index (χ2n) is 8.59. The molecule has 0 saturated carbocycles. The Labute approximate surface area is 174 Å². The normalized spacial score (nSPS) is 18.2. The van der Waals surface area contributed by atoms with Crippen molar-refractivity contribution in [2.45, 2.75) is 65.1 Å². The van der Waals surface area contributed by atoms with Gasteiger partial charge in [-0.1, -0.05) is 56.3 Å². The number of likely N-dealkylation sites (tertiary alicyclic amines) is 1. The highest BCUT2D eigenvalue weighted by atomic mass is 16.5. The van der Waals surface area contributed by atoms with Gasteiger partial charge < -0.3 is 15.2 Å².